The van der Waals surface area contributed by atoms with E-state index in [2.05, 4.69) is 20.9 Å². The molecule has 0 aliphatic rings. The number of guanidine groups is 1. The number of amides is 5. The van der Waals surface area contributed by atoms with Crippen molar-refractivity contribution in [2.24, 2.45) is 39.6 Å². The topological polar surface area (TPSA) is 301 Å². The van der Waals surface area contributed by atoms with Crippen LogP contribution >= 0.6 is 0 Å². The molecule has 14 N–H and O–H groups in total. The maximum atomic E-state index is 12.9. The molecule has 0 aliphatic carbocycles. The zero-order chi connectivity index (χ0) is 28.7. The lowest BCUT2D eigenvalue weighted by Gasteiger charge is -2.25. The molecule has 0 aliphatic heterocycles. The summed E-state index contributed by atoms with van der Waals surface area (Å²) in [5, 5.41) is 16.3. The Bertz CT molecular complexity index is 859. The van der Waals surface area contributed by atoms with Crippen LogP contribution in [0.4, 0.5) is 0 Å². The van der Waals surface area contributed by atoms with E-state index in [0.29, 0.717) is 6.42 Å². The number of primary amides is 2. The summed E-state index contributed by atoms with van der Waals surface area (Å²) >= 11 is 0. The van der Waals surface area contributed by atoms with Gasteiger partial charge in [-0.3, -0.25) is 29.0 Å². The third kappa shape index (κ3) is 14.9. The standard InChI is InChI=1S/C21H39N9O7/c1-10(2)8-14(20(36)37)30-19(35)13(9-16(24)32)29-18(34)12(5-6-15(23)31)28-17(33)11(22)4-3-7-27-21(25)26/h10-14H,3-9,22H2,1-2H3,(H2,23,31)(H2,24,32)(H,28,33)(H,29,34)(H,30,35)(H,36,37)(H4,25,26,27). The normalized spacial score (nSPS) is 13.9. The van der Waals surface area contributed by atoms with Crippen molar-refractivity contribution in [1.82, 2.24) is 16.0 Å². The van der Waals surface area contributed by atoms with Crippen LogP contribution in [0.15, 0.2) is 4.99 Å². The number of hydrogen-bond acceptors (Lipinski definition) is 8. The van der Waals surface area contributed by atoms with Crippen molar-refractivity contribution in [2.45, 2.75) is 76.5 Å². The Morgan fingerprint density at radius 2 is 1.32 bits per heavy atom. The van der Waals surface area contributed by atoms with Crippen LogP contribution in [0.1, 0.15) is 52.4 Å². The first-order valence-electron chi connectivity index (χ1n) is 11.6. The van der Waals surface area contributed by atoms with Crippen molar-refractivity contribution in [1.29, 1.82) is 0 Å². The van der Waals surface area contributed by atoms with E-state index in [4.69, 9.17) is 28.7 Å². The van der Waals surface area contributed by atoms with Gasteiger partial charge in [0.1, 0.15) is 18.1 Å². The van der Waals surface area contributed by atoms with Gasteiger partial charge < -0.3 is 49.7 Å². The molecule has 37 heavy (non-hydrogen) atoms. The Labute approximate surface area is 214 Å². The number of nitrogens with one attached hydrogen (secondary N) is 3. The molecule has 0 radical (unpaired) electrons. The van der Waals surface area contributed by atoms with Crippen molar-refractivity contribution in [3.63, 3.8) is 0 Å². The third-order valence-electron chi connectivity index (χ3n) is 4.98. The molecule has 0 spiro atoms. The van der Waals surface area contributed by atoms with Crippen molar-refractivity contribution in [3.8, 4) is 0 Å². The van der Waals surface area contributed by atoms with Crippen LogP contribution in [-0.2, 0) is 28.8 Å². The van der Waals surface area contributed by atoms with Crippen LogP contribution in [-0.4, -0.2) is 77.3 Å². The molecule has 0 heterocycles. The number of carboxylic acids is 1. The Hall–Kier alpha value is -3.95. The van der Waals surface area contributed by atoms with Gasteiger partial charge in [0.15, 0.2) is 5.96 Å². The lowest BCUT2D eigenvalue weighted by atomic mass is 10.0. The zero-order valence-corrected chi connectivity index (χ0v) is 21.1. The fraction of sp³-hybridized carbons (Fsp3) is 0.667. The number of nitrogens with two attached hydrogens (primary N) is 5. The van der Waals surface area contributed by atoms with E-state index in [1.54, 1.807) is 13.8 Å². The number of aliphatic imine (C=N–C) groups is 1. The summed E-state index contributed by atoms with van der Waals surface area (Å²) in [6.45, 7) is 3.73. The number of carbonyl (C=O) groups excluding carboxylic acids is 5. The fourth-order valence-corrected chi connectivity index (χ4v) is 3.13. The highest BCUT2D eigenvalue weighted by Gasteiger charge is 2.31. The molecular formula is C21H39N9O7. The van der Waals surface area contributed by atoms with E-state index in [1.165, 1.54) is 0 Å². The maximum Gasteiger partial charge on any atom is 0.326 e. The summed E-state index contributed by atoms with van der Waals surface area (Å²) in [6.07, 6.45) is -0.536. The summed E-state index contributed by atoms with van der Waals surface area (Å²) in [5.74, 6) is -5.82. The van der Waals surface area contributed by atoms with Gasteiger partial charge in [-0.15, -0.1) is 0 Å². The summed E-state index contributed by atoms with van der Waals surface area (Å²) in [7, 11) is 0. The Morgan fingerprint density at radius 3 is 1.81 bits per heavy atom. The molecule has 4 unspecified atom stereocenters. The molecule has 0 aromatic heterocycles. The number of aliphatic carboxylic acids is 1. The van der Waals surface area contributed by atoms with Crippen LogP contribution in [0.5, 0.6) is 0 Å². The van der Waals surface area contributed by atoms with Gasteiger partial charge in [0, 0.05) is 13.0 Å². The minimum Gasteiger partial charge on any atom is -0.480 e. The Morgan fingerprint density at radius 1 is 0.784 bits per heavy atom. The van der Waals surface area contributed by atoms with Crippen LogP contribution in [0.3, 0.4) is 0 Å². The highest BCUT2D eigenvalue weighted by molar-refractivity contribution is 5.96. The predicted molar refractivity (Wildman–Crippen MR) is 133 cm³/mol. The van der Waals surface area contributed by atoms with Crippen molar-refractivity contribution < 1.29 is 33.9 Å². The summed E-state index contributed by atoms with van der Waals surface area (Å²) in [5.41, 5.74) is 26.6. The fourth-order valence-electron chi connectivity index (χ4n) is 3.13. The van der Waals surface area contributed by atoms with E-state index in [9.17, 15) is 33.9 Å². The average molecular weight is 530 g/mol. The lowest BCUT2D eigenvalue weighted by Crippen LogP contribution is -2.58. The second-order valence-corrected chi connectivity index (χ2v) is 8.88. The highest BCUT2D eigenvalue weighted by Crippen LogP contribution is 2.07. The minimum absolute atomic E-state index is 0.0809. The largest absolute Gasteiger partial charge is 0.480 e. The van der Waals surface area contributed by atoms with Crippen molar-refractivity contribution in [2.75, 3.05) is 6.54 Å². The number of rotatable bonds is 18. The number of carbonyl (C=O) groups is 6. The molecule has 0 aromatic carbocycles. The number of nitrogens with zero attached hydrogens (tertiary/aromatic N) is 1. The minimum atomic E-state index is -1.54. The lowest BCUT2D eigenvalue weighted by molar-refractivity contribution is -0.143. The molecule has 16 nitrogen and oxygen atoms in total. The quantitative estimate of drug-likeness (QED) is 0.0472. The van der Waals surface area contributed by atoms with Gasteiger partial charge in [-0.25, -0.2) is 4.79 Å². The summed E-state index contributed by atoms with van der Waals surface area (Å²) in [4.78, 5) is 76.2. The maximum absolute atomic E-state index is 12.9. The van der Waals surface area contributed by atoms with Crippen LogP contribution in [0.2, 0.25) is 0 Å². The molecule has 5 amide bonds. The van der Waals surface area contributed by atoms with E-state index < -0.39 is 66.1 Å². The van der Waals surface area contributed by atoms with E-state index in [1.807, 2.05) is 0 Å². The van der Waals surface area contributed by atoms with Gasteiger partial charge in [0.2, 0.25) is 29.5 Å². The van der Waals surface area contributed by atoms with Crippen LogP contribution < -0.4 is 44.6 Å². The summed E-state index contributed by atoms with van der Waals surface area (Å²) < 4.78 is 0. The molecule has 0 aromatic rings. The second kappa shape index (κ2) is 16.7. The van der Waals surface area contributed by atoms with E-state index >= 15 is 0 Å². The smallest absolute Gasteiger partial charge is 0.326 e. The highest BCUT2D eigenvalue weighted by atomic mass is 16.4. The molecule has 4 atom stereocenters. The van der Waals surface area contributed by atoms with Crippen molar-refractivity contribution >= 4 is 41.5 Å². The number of carboxylic acid groups (broad SMARTS) is 1. The van der Waals surface area contributed by atoms with E-state index in [0.717, 1.165) is 0 Å². The molecular weight excluding hydrogens is 490 g/mol. The van der Waals surface area contributed by atoms with Crippen LogP contribution in [0, 0.1) is 5.92 Å². The Kier molecular flexibility index (Phi) is 14.9. The van der Waals surface area contributed by atoms with Gasteiger partial charge in [-0.05, 0) is 31.6 Å². The molecule has 210 valence electrons. The van der Waals surface area contributed by atoms with E-state index in [-0.39, 0.29) is 44.1 Å². The molecule has 0 bridgehead atoms. The van der Waals surface area contributed by atoms with Gasteiger partial charge in [0.25, 0.3) is 0 Å². The zero-order valence-electron chi connectivity index (χ0n) is 21.1. The molecule has 0 fully saturated rings. The monoisotopic (exact) mass is 529 g/mol. The Balaban J connectivity index is 5.51. The van der Waals surface area contributed by atoms with Crippen LogP contribution in [0.25, 0.3) is 0 Å². The first-order chi connectivity index (χ1) is 17.1. The van der Waals surface area contributed by atoms with Crippen molar-refractivity contribution in [3.05, 3.63) is 0 Å². The predicted octanol–water partition coefficient (Wildman–Crippen LogP) is -3.91. The van der Waals surface area contributed by atoms with Gasteiger partial charge in [0.05, 0.1) is 12.5 Å². The molecule has 0 saturated heterocycles. The summed E-state index contributed by atoms with van der Waals surface area (Å²) in [6, 6.07) is -5.21. The SMILES string of the molecule is CC(C)CC(NC(=O)C(CC(N)=O)NC(=O)C(CCC(N)=O)NC(=O)C(N)CCCN=C(N)N)C(=O)O. The second-order valence-electron chi connectivity index (χ2n) is 8.88. The first kappa shape index (κ1) is 33.0. The number of hydrogen-bond donors (Lipinski definition) is 9. The first-order valence-corrected chi connectivity index (χ1v) is 11.6. The molecule has 0 rings (SSSR count). The average Bonchev–Trinajstić information content (AvgIpc) is 2.76. The van der Waals surface area contributed by atoms with Gasteiger partial charge >= 0.3 is 5.97 Å². The molecule has 0 saturated carbocycles. The van der Waals surface area contributed by atoms with Gasteiger partial charge in [-0.1, -0.05) is 13.8 Å². The van der Waals surface area contributed by atoms with Gasteiger partial charge in [-0.2, -0.15) is 0 Å². The molecule has 16 heteroatoms. The third-order valence-corrected chi connectivity index (χ3v) is 4.98.